The van der Waals surface area contributed by atoms with Gasteiger partial charge in [-0.25, -0.2) is 9.59 Å². The molecule has 2 aliphatic heterocycles. The van der Waals surface area contributed by atoms with Crippen LogP contribution in [0.1, 0.15) is 129 Å². The van der Waals surface area contributed by atoms with Crippen LogP contribution in [-0.4, -0.2) is 62.2 Å². The van der Waals surface area contributed by atoms with Gasteiger partial charge in [0.05, 0.1) is 25.4 Å². The third-order valence-corrected chi connectivity index (χ3v) is 14.4. The molecule has 6 aliphatic rings. The average molecular weight is 765 g/mol. The Morgan fingerprint density at radius 2 is 1.65 bits per heavy atom. The van der Waals surface area contributed by atoms with Crippen molar-refractivity contribution >= 4 is 24.1 Å². The van der Waals surface area contributed by atoms with Crippen LogP contribution in [0.5, 0.6) is 5.75 Å². The van der Waals surface area contributed by atoms with Gasteiger partial charge in [0.1, 0.15) is 18.5 Å². The van der Waals surface area contributed by atoms with E-state index in [1.54, 1.807) is 13.2 Å². The second-order valence-corrected chi connectivity index (χ2v) is 18.0. The third-order valence-electron chi connectivity index (χ3n) is 14.4. The number of esters is 3. The zero-order chi connectivity index (χ0) is 39.0. The summed E-state index contributed by atoms with van der Waals surface area (Å²) in [5, 5.41) is 0. The number of hydrogen-bond donors (Lipinski definition) is 0. The summed E-state index contributed by atoms with van der Waals surface area (Å²) in [6.07, 6.45) is 11.3. The monoisotopic (exact) mass is 764 g/mol. The largest absolute Gasteiger partial charge is 0.516 e. The molecule has 5 fully saturated rings. The van der Waals surface area contributed by atoms with Gasteiger partial charge in [-0.15, -0.1) is 0 Å². The Labute approximate surface area is 325 Å². The van der Waals surface area contributed by atoms with Crippen LogP contribution in [0.15, 0.2) is 35.9 Å². The van der Waals surface area contributed by atoms with E-state index >= 15 is 0 Å². The first-order valence-corrected chi connectivity index (χ1v) is 20.8. The van der Waals surface area contributed by atoms with Gasteiger partial charge in [0.25, 0.3) is 0 Å². The number of carbonyl (C=O) groups excluding carboxylic acids is 4. The van der Waals surface area contributed by atoms with Crippen LogP contribution in [0, 0.1) is 40.4 Å². The topological polar surface area (TPSA) is 133 Å². The summed E-state index contributed by atoms with van der Waals surface area (Å²) in [6, 6.07) is 7.99. The fourth-order valence-corrected chi connectivity index (χ4v) is 11.7. The van der Waals surface area contributed by atoms with E-state index in [1.165, 1.54) is 0 Å². The van der Waals surface area contributed by atoms with Gasteiger partial charge in [0, 0.05) is 42.2 Å². The van der Waals surface area contributed by atoms with Crippen molar-refractivity contribution in [2.24, 2.45) is 40.4 Å². The molecule has 302 valence electrons. The minimum absolute atomic E-state index is 0.0468. The smallest absolute Gasteiger partial charge is 0.497 e. The fourth-order valence-electron chi connectivity index (χ4n) is 11.7. The van der Waals surface area contributed by atoms with Crippen molar-refractivity contribution in [3.8, 4) is 5.75 Å². The molecule has 2 heterocycles. The van der Waals surface area contributed by atoms with Gasteiger partial charge in [-0.2, -0.15) is 0 Å². The van der Waals surface area contributed by atoms with Gasteiger partial charge in [0.15, 0.2) is 6.29 Å². The number of cyclic esters (lactones) is 1. The fraction of sp³-hybridized carbons (Fsp3) is 0.727. The van der Waals surface area contributed by atoms with E-state index in [4.69, 9.17) is 33.2 Å². The molecule has 4 aliphatic carbocycles. The Balaban J connectivity index is 0.949. The first-order valence-electron chi connectivity index (χ1n) is 20.8. The quantitative estimate of drug-likeness (QED) is 0.0828. The minimum Gasteiger partial charge on any atom is -0.497 e. The second-order valence-electron chi connectivity index (χ2n) is 18.0. The normalized spacial score (nSPS) is 36.1. The van der Waals surface area contributed by atoms with Crippen molar-refractivity contribution in [3.63, 3.8) is 0 Å². The summed E-state index contributed by atoms with van der Waals surface area (Å²) >= 11 is 0. The second kappa shape index (κ2) is 16.2. The number of fused-ring (bicyclic) bond motifs is 4. The van der Waals surface area contributed by atoms with Gasteiger partial charge < -0.3 is 33.2 Å². The summed E-state index contributed by atoms with van der Waals surface area (Å²) in [4.78, 5) is 48.8. The molecular formula is C44H60O11. The molecule has 1 unspecified atom stereocenters. The number of carbonyl (C=O) groups is 4. The molecule has 0 N–H and O–H groups in total. The number of rotatable bonds is 13. The lowest BCUT2D eigenvalue weighted by atomic mass is 9.43. The molecule has 2 bridgehead atoms. The molecule has 4 saturated carbocycles. The SMILES string of the molecule is COc1ccc(C2O[C@H]3C[C@]4(O2)[C@@H]2CC[C@@H]5C[C@@H](OC(=O)CCCCCCC(=O)OC(=O)OCC(C)C)CC[C@]5(C)[C@H]2CC[C@]4(C)[C@H]3C2=CC(=O)OC2)cc1. The number of ether oxygens (including phenoxy) is 7. The molecule has 11 heteroatoms. The molecule has 55 heavy (non-hydrogen) atoms. The minimum atomic E-state index is -0.945. The van der Waals surface area contributed by atoms with Crippen molar-refractivity contribution in [3.05, 3.63) is 41.5 Å². The highest BCUT2D eigenvalue weighted by atomic mass is 16.7. The van der Waals surface area contributed by atoms with Crippen molar-refractivity contribution in [1.29, 1.82) is 0 Å². The van der Waals surface area contributed by atoms with E-state index in [-0.39, 0.29) is 59.8 Å². The van der Waals surface area contributed by atoms with Crippen LogP contribution in [0.3, 0.4) is 0 Å². The van der Waals surface area contributed by atoms with Crippen molar-refractivity contribution in [2.45, 2.75) is 142 Å². The molecular weight excluding hydrogens is 704 g/mol. The number of benzene rings is 1. The zero-order valence-electron chi connectivity index (χ0n) is 33.3. The molecule has 0 radical (unpaired) electrons. The van der Waals surface area contributed by atoms with Gasteiger partial charge in [-0.1, -0.05) is 52.7 Å². The van der Waals surface area contributed by atoms with E-state index in [1.807, 2.05) is 38.1 Å². The summed E-state index contributed by atoms with van der Waals surface area (Å²) in [6.45, 7) is 9.24. The van der Waals surface area contributed by atoms with Gasteiger partial charge in [-0.3, -0.25) is 9.59 Å². The van der Waals surface area contributed by atoms with Gasteiger partial charge in [-0.05, 0) is 105 Å². The van der Waals surface area contributed by atoms with Crippen LogP contribution < -0.4 is 4.74 Å². The van der Waals surface area contributed by atoms with E-state index in [2.05, 4.69) is 13.8 Å². The highest BCUT2D eigenvalue weighted by molar-refractivity contribution is 5.85. The van der Waals surface area contributed by atoms with Crippen LogP contribution in [0.25, 0.3) is 0 Å². The average Bonchev–Trinajstić information content (AvgIpc) is 3.66. The predicted octanol–water partition coefficient (Wildman–Crippen LogP) is 8.57. The molecule has 1 saturated heterocycles. The Hall–Kier alpha value is -3.44. The molecule has 1 spiro atoms. The Bertz CT molecular complexity index is 1620. The summed E-state index contributed by atoms with van der Waals surface area (Å²) in [5.41, 5.74) is 1.52. The highest BCUT2D eigenvalue weighted by Gasteiger charge is 2.74. The van der Waals surface area contributed by atoms with Crippen LogP contribution in [-0.2, 0) is 42.8 Å². The van der Waals surface area contributed by atoms with Gasteiger partial charge in [0.2, 0.25) is 0 Å². The first-order chi connectivity index (χ1) is 26.3. The first kappa shape index (κ1) is 39.8. The number of methoxy groups -OCH3 is 1. The summed E-state index contributed by atoms with van der Waals surface area (Å²) < 4.78 is 40.8. The molecule has 10 atom stereocenters. The molecule has 0 amide bonds. The lowest BCUT2D eigenvalue weighted by Crippen LogP contribution is -2.63. The zero-order valence-corrected chi connectivity index (χ0v) is 33.3. The lowest BCUT2D eigenvalue weighted by Gasteiger charge is -2.65. The van der Waals surface area contributed by atoms with E-state index in [0.717, 1.165) is 81.1 Å². The molecule has 1 aromatic rings. The Morgan fingerprint density at radius 3 is 2.35 bits per heavy atom. The van der Waals surface area contributed by atoms with Crippen LogP contribution in [0.4, 0.5) is 4.79 Å². The van der Waals surface area contributed by atoms with E-state index in [0.29, 0.717) is 43.6 Å². The van der Waals surface area contributed by atoms with Gasteiger partial charge >= 0.3 is 24.1 Å². The highest BCUT2D eigenvalue weighted by Crippen LogP contribution is 2.73. The predicted molar refractivity (Wildman–Crippen MR) is 200 cm³/mol. The Morgan fingerprint density at radius 1 is 0.909 bits per heavy atom. The molecule has 11 nitrogen and oxygen atoms in total. The third kappa shape index (κ3) is 7.81. The Kier molecular flexibility index (Phi) is 11.7. The number of hydrogen-bond acceptors (Lipinski definition) is 11. The van der Waals surface area contributed by atoms with Crippen LogP contribution >= 0.6 is 0 Å². The summed E-state index contributed by atoms with van der Waals surface area (Å²) in [5.74, 6) is 1.30. The maximum Gasteiger partial charge on any atom is 0.516 e. The van der Waals surface area contributed by atoms with E-state index in [9.17, 15) is 19.2 Å². The van der Waals surface area contributed by atoms with Crippen LogP contribution in [0.2, 0.25) is 0 Å². The lowest BCUT2D eigenvalue weighted by molar-refractivity contribution is -0.319. The van der Waals surface area contributed by atoms with Crippen molar-refractivity contribution in [1.82, 2.24) is 0 Å². The maximum atomic E-state index is 13.0. The maximum absolute atomic E-state index is 13.0. The molecule has 7 rings (SSSR count). The molecule has 1 aromatic carbocycles. The van der Waals surface area contributed by atoms with Crippen molar-refractivity contribution < 1.29 is 52.3 Å². The molecule has 0 aromatic heterocycles. The van der Waals surface area contributed by atoms with E-state index < -0.39 is 24.0 Å². The number of unbranched alkanes of at least 4 members (excludes halogenated alkanes) is 3. The summed E-state index contributed by atoms with van der Waals surface area (Å²) in [7, 11) is 1.67. The standard InChI is InChI=1S/C44H60O11/c1-27(2)25-51-41(48)54-37(46)11-9-7-6-8-10-36(45)52-32-18-20-42(3)30(23-32)14-17-34-33(42)19-21-43(4)39(29-22-38(47)50-26-29)35-24-44(34,43)55-40(53-35)28-12-15-31(49-5)16-13-28/h12-13,15-16,22,27,30,32-35,39-40H,6-11,14,17-21,23-26H2,1-5H3/t30-,32+,33+,34-,35+,39+,40?,42+,43-,44+/m1/s1. The van der Waals surface area contributed by atoms with Crippen molar-refractivity contribution in [2.75, 3.05) is 20.3 Å².